The van der Waals surface area contributed by atoms with Gasteiger partial charge in [-0.15, -0.1) is 13.2 Å². The first kappa shape index (κ1) is 13.9. The first-order valence-corrected chi connectivity index (χ1v) is 5.72. The molecule has 0 radical (unpaired) electrons. The Morgan fingerprint density at radius 1 is 1.24 bits per heavy atom. The van der Waals surface area contributed by atoms with Gasteiger partial charge in [-0.1, -0.05) is 45.4 Å². The van der Waals surface area contributed by atoms with Gasteiger partial charge in [0, 0.05) is 0 Å². The summed E-state index contributed by atoms with van der Waals surface area (Å²) < 4.78 is 41.3. The second-order valence-electron chi connectivity index (χ2n) is 4.29. The predicted octanol–water partition coefficient (Wildman–Crippen LogP) is 4.66. The molecule has 0 amide bonds. The summed E-state index contributed by atoms with van der Waals surface area (Å²) in [6.45, 7) is 5.64. The van der Waals surface area contributed by atoms with E-state index in [0.717, 1.165) is 6.42 Å². The fourth-order valence-electron chi connectivity index (χ4n) is 1.77. The summed E-state index contributed by atoms with van der Waals surface area (Å²) in [6, 6.07) is 5.16. The molecular formula is C13H17F3O. The molecule has 0 spiro atoms. The molecule has 0 atom stereocenters. The third kappa shape index (κ3) is 3.95. The lowest BCUT2D eigenvalue weighted by molar-refractivity contribution is -0.275. The monoisotopic (exact) mass is 246 g/mol. The van der Waals surface area contributed by atoms with Crippen molar-refractivity contribution in [2.45, 2.75) is 45.9 Å². The minimum absolute atomic E-state index is 0.00385. The van der Waals surface area contributed by atoms with Gasteiger partial charge in [-0.2, -0.15) is 0 Å². The molecule has 0 unspecified atom stereocenters. The molecule has 0 heterocycles. The summed E-state index contributed by atoms with van der Waals surface area (Å²) in [5, 5.41) is 0. The molecule has 96 valence electrons. The summed E-state index contributed by atoms with van der Waals surface area (Å²) in [6.07, 6.45) is -3.25. The van der Waals surface area contributed by atoms with Crippen LogP contribution in [0, 0.1) is 0 Å². The normalized spacial score (nSPS) is 11.9. The molecule has 0 saturated heterocycles. The van der Waals surface area contributed by atoms with Crippen molar-refractivity contribution >= 4 is 0 Å². The van der Waals surface area contributed by atoms with E-state index >= 15 is 0 Å². The third-order valence-corrected chi connectivity index (χ3v) is 2.49. The Balaban J connectivity index is 3.18. The molecule has 1 aromatic carbocycles. The Kier molecular flexibility index (Phi) is 4.43. The second kappa shape index (κ2) is 5.43. The fourth-order valence-corrected chi connectivity index (χ4v) is 1.77. The van der Waals surface area contributed by atoms with E-state index in [-0.39, 0.29) is 11.7 Å². The molecule has 0 aromatic heterocycles. The van der Waals surface area contributed by atoms with Crippen molar-refractivity contribution in [2.24, 2.45) is 0 Å². The number of halogens is 3. The van der Waals surface area contributed by atoms with Crippen molar-refractivity contribution in [1.82, 2.24) is 0 Å². The van der Waals surface area contributed by atoms with Gasteiger partial charge < -0.3 is 4.74 Å². The summed E-state index contributed by atoms with van der Waals surface area (Å²) in [5.74, 6) is -0.0130. The summed E-state index contributed by atoms with van der Waals surface area (Å²) in [4.78, 5) is 0. The molecule has 0 aliphatic carbocycles. The molecule has 4 heteroatoms. The maximum Gasteiger partial charge on any atom is 0.573 e. The minimum Gasteiger partial charge on any atom is -0.405 e. The molecule has 0 aliphatic rings. The highest BCUT2D eigenvalue weighted by Crippen LogP contribution is 2.34. The van der Waals surface area contributed by atoms with Gasteiger partial charge in [0.2, 0.25) is 0 Å². The quantitative estimate of drug-likeness (QED) is 0.750. The summed E-state index contributed by atoms with van der Waals surface area (Å²) in [7, 11) is 0. The summed E-state index contributed by atoms with van der Waals surface area (Å²) >= 11 is 0. The van der Waals surface area contributed by atoms with Crippen molar-refractivity contribution in [2.75, 3.05) is 0 Å². The zero-order valence-electron chi connectivity index (χ0n) is 10.3. The topological polar surface area (TPSA) is 9.23 Å². The number of rotatable bonds is 4. The number of alkyl halides is 3. The third-order valence-electron chi connectivity index (χ3n) is 2.49. The minimum atomic E-state index is -4.63. The zero-order valence-corrected chi connectivity index (χ0v) is 10.3. The van der Waals surface area contributed by atoms with E-state index in [1.54, 1.807) is 18.2 Å². The van der Waals surface area contributed by atoms with Gasteiger partial charge in [-0.3, -0.25) is 0 Å². The van der Waals surface area contributed by atoms with Crippen molar-refractivity contribution in [3.05, 3.63) is 29.3 Å². The van der Waals surface area contributed by atoms with Gasteiger partial charge in [0.1, 0.15) is 5.75 Å². The molecule has 1 aromatic rings. The van der Waals surface area contributed by atoms with Crippen LogP contribution in [0.1, 0.15) is 44.2 Å². The predicted molar refractivity (Wildman–Crippen MR) is 61.2 cm³/mol. The number of para-hydroxylation sites is 1. The molecule has 17 heavy (non-hydrogen) atoms. The molecule has 0 saturated carbocycles. The van der Waals surface area contributed by atoms with Crippen molar-refractivity contribution < 1.29 is 17.9 Å². The van der Waals surface area contributed by atoms with E-state index in [2.05, 4.69) is 4.74 Å². The first-order valence-electron chi connectivity index (χ1n) is 5.72. The van der Waals surface area contributed by atoms with Crippen LogP contribution in [0.15, 0.2) is 18.2 Å². The average molecular weight is 246 g/mol. The van der Waals surface area contributed by atoms with E-state index in [9.17, 15) is 13.2 Å². The lowest BCUT2D eigenvalue weighted by Gasteiger charge is -2.18. The Labute approximate surface area is 99.6 Å². The Hall–Kier alpha value is -1.19. The van der Waals surface area contributed by atoms with E-state index < -0.39 is 6.36 Å². The van der Waals surface area contributed by atoms with Gasteiger partial charge in [-0.25, -0.2) is 0 Å². The van der Waals surface area contributed by atoms with E-state index in [4.69, 9.17) is 0 Å². The van der Waals surface area contributed by atoms with Crippen molar-refractivity contribution in [3.63, 3.8) is 0 Å². The number of hydrogen-bond acceptors (Lipinski definition) is 1. The fraction of sp³-hybridized carbons (Fsp3) is 0.538. The van der Waals surface area contributed by atoms with Crippen LogP contribution in [-0.4, -0.2) is 6.36 Å². The lowest BCUT2D eigenvalue weighted by Crippen LogP contribution is -2.19. The van der Waals surface area contributed by atoms with Crippen LogP contribution in [0.4, 0.5) is 13.2 Å². The van der Waals surface area contributed by atoms with E-state index in [1.807, 2.05) is 20.8 Å². The standard InChI is InChI=1S/C13H17F3O/c1-4-6-10-7-5-8-11(9(2)3)12(10)17-13(14,15)16/h5,7-9H,4,6H2,1-3H3. The zero-order chi connectivity index (χ0) is 13.1. The van der Waals surface area contributed by atoms with Crippen LogP contribution in [0.2, 0.25) is 0 Å². The smallest absolute Gasteiger partial charge is 0.405 e. The van der Waals surface area contributed by atoms with Crippen LogP contribution in [-0.2, 0) is 6.42 Å². The highest BCUT2D eigenvalue weighted by Gasteiger charge is 2.33. The molecule has 0 N–H and O–H groups in total. The lowest BCUT2D eigenvalue weighted by atomic mass is 9.97. The van der Waals surface area contributed by atoms with E-state index in [0.29, 0.717) is 17.5 Å². The molecule has 1 nitrogen and oxygen atoms in total. The molecule has 1 rings (SSSR count). The van der Waals surface area contributed by atoms with Gasteiger partial charge >= 0.3 is 6.36 Å². The Morgan fingerprint density at radius 3 is 2.35 bits per heavy atom. The first-order chi connectivity index (χ1) is 7.85. The van der Waals surface area contributed by atoms with Crippen molar-refractivity contribution in [1.29, 1.82) is 0 Å². The second-order valence-corrected chi connectivity index (χ2v) is 4.29. The maximum absolute atomic E-state index is 12.4. The SMILES string of the molecule is CCCc1cccc(C(C)C)c1OC(F)(F)F. The van der Waals surface area contributed by atoms with E-state index in [1.165, 1.54) is 0 Å². The molecule has 0 aliphatic heterocycles. The van der Waals surface area contributed by atoms with Crippen LogP contribution in [0.3, 0.4) is 0 Å². The Morgan fingerprint density at radius 2 is 1.88 bits per heavy atom. The number of ether oxygens (including phenoxy) is 1. The van der Waals surface area contributed by atoms with Gasteiger partial charge in [0.15, 0.2) is 0 Å². The average Bonchev–Trinajstić information content (AvgIpc) is 2.18. The van der Waals surface area contributed by atoms with Crippen LogP contribution in [0.5, 0.6) is 5.75 Å². The molecular weight excluding hydrogens is 229 g/mol. The number of hydrogen-bond donors (Lipinski definition) is 0. The van der Waals surface area contributed by atoms with Gasteiger partial charge in [-0.05, 0) is 23.5 Å². The Bertz CT molecular complexity index is 369. The van der Waals surface area contributed by atoms with Crippen LogP contribution in [0.25, 0.3) is 0 Å². The van der Waals surface area contributed by atoms with Gasteiger partial charge in [0.25, 0.3) is 0 Å². The summed E-state index contributed by atoms with van der Waals surface area (Å²) in [5.41, 5.74) is 1.23. The highest BCUT2D eigenvalue weighted by molar-refractivity contribution is 5.43. The molecule has 0 bridgehead atoms. The number of benzene rings is 1. The van der Waals surface area contributed by atoms with Crippen molar-refractivity contribution in [3.8, 4) is 5.75 Å². The van der Waals surface area contributed by atoms with Crippen LogP contribution >= 0.6 is 0 Å². The van der Waals surface area contributed by atoms with Gasteiger partial charge in [0.05, 0.1) is 0 Å². The maximum atomic E-state index is 12.4. The van der Waals surface area contributed by atoms with Crippen LogP contribution < -0.4 is 4.74 Å². The molecule has 0 fully saturated rings. The largest absolute Gasteiger partial charge is 0.573 e. The number of aryl methyl sites for hydroxylation is 1. The highest BCUT2D eigenvalue weighted by atomic mass is 19.4.